The fourth-order valence-corrected chi connectivity index (χ4v) is 3.12. The van der Waals surface area contributed by atoms with Crippen molar-refractivity contribution >= 4 is 17.4 Å². The van der Waals surface area contributed by atoms with Gasteiger partial charge >= 0.3 is 6.61 Å². The Morgan fingerprint density at radius 2 is 2.05 bits per heavy atom. The Labute approximate surface area is 115 Å². The number of methoxy groups -OCH3 is 1. The normalized spacial score (nSPS) is 16.4. The molecule has 6 heteroatoms. The minimum Gasteiger partial charge on any atom is -0.497 e. The van der Waals surface area contributed by atoms with Gasteiger partial charge in [0, 0.05) is 12.1 Å². The first kappa shape index (κ1) is 14.2. The zero-order valence-corrected chi connectivity index (χ0v) is 11.5. The number of hydrogen-bond donors (Lipinski definition) is 1. The Kier molecular flexibility index (Phi) is 5.13. The molecule has 0 aliphatic carbocycles. The van der Waals surface area contributed by atoms with E-state index in [1.54, 1.807) is 19.2 Å². The van der Waals surface area contributed by atoms with Crippen molar-refractivity contribution in [3.63, 3.8) is 0 Å². The molecule has 0 atom stereocenters. The van der Waals surface area contributed by atoms with Crippen LogP contribution in [0.15, 0.2) is 18.2 Å². The molecule has 1 saturated heterocycles. The second kappa shape index (κ2) is 6.84. The second-order valence-electron chi connectivity index (χ2n) is 4.27. The van der Waals surface area contributed by atoms with Crippen molar-refractivity contribution in [1.82, 2.24) is 0 Å². The highest BCUT2D eigenvalue weighted by molar-refractivity contribution is 7.99. The van der Waals surface area contributed by atoms with Crippen LogP contribution in [0, 0.1) is 0 Å². The van der Waals surface area contributed by atoms with Crippen LogP contribution in [-0.4, -0.2) is 31.3 Å². The summed E-state index contributed by atoms with van der Waals surface area (Å²) in [4.78, 5) is 0. The Balaban J connectivity index is 2.13. The van der Waals surface area contributed by atoms with Gasteiger partial charge in [-0.25, -0.2) is 0 Å². The van der Waals surface area contributed by atoms with E-state index in [1.807, 2.05) is 11.8 Å². The first-order valence-corrected chi connectivity index (χ1v) is 7.31. The van der Waals surface area contributed by atoms with E-state index in [2.05, 4.69) is 10.1 Å². The number of alkyl halides is 2. The predicted octanol–water partition coefficient (Wildman–Crippen LogP) is 3.60. The van der Waals surface area contributed by atoms with Crippen molar-refractivity contribution in [3.05, 3.63) is 18.2 Å². The molecule has 0 radical (unpaired) electrons. The molecule has 1 heterocycles. The van der Waals surface area contributed by atoms with Gasteiger partial charge in [-0.15, -0.1) is 0 Å². The van der Waals surface area contributed by atoms with Crippen LogP contribution >= 0.6 is 11.8 Å². The van der Waals surface area contributed by atoms with Crippen LogP contribution in [0.25, 0.3) is 0 Å². The summed E-state index contributed by atoms with van der Waals surface area (Å²) in [5.41, 5.74) is 0.566. The molecule has 0 bridgehead atoms. The lowest BCUT2D eigenvalue weighted by molar-refractivity contribution is -0.0494. The van der Waals surface area contributed by atoms with Crippen LogP contribution in [0.1, 0.15) is 12.8 Å². The van der Waals surface area contributed by atoms with E-state index in [9.17, 15) is 8.78 Å². The molecule has 1 aromatic carbocycles. The molecule has 0 spiro atoms. The molecular weight excluding hydrogens is 272 g/mol. The lowest BCUT2D eigenvalue weighted by Gasteiger charge is -2.25. The van der Waals surface area contributed by atoms with Crippen LogP contribution in [0.2, 0.25) is 0 Å². The van der Waals surface area contributed by atoms with Crippen molar-refractivity contribution < 1.29 is 18.3 Å². The summed E-state index contributed by atoms with van der Waals surface area (Å²) in [5.74, 6) is 2.96. The highest BCUT2D eigenvalue weighted by atomic mass is 32.2. The lowest BCUT2D eigenvalue weighted by Crippen LogP contribution is -2.25. The van der Waals surface area contributed by atoms with Crippen LogP contribution in [0.4, 0.5) is 14.5 Å². The molecule has 0 saturated carbocycles. The minimum atomic E-state index is -2.82. The lowest BCUT2D eigenvalue weighted by atomic mass is 10.1. The summed E-state index contributed by atoms with van der Waals surface area (Å²) in [6, 6.07) is 5.11. The number of hydrogen-bond acceptors (Lipinski definition) is 4. The number of benzene rings is 1. The summed E-state index contributed by atoms with van der Waals surface area (Å²) in [6.07, 6.45) is 2.05. The number of thioether (sulfide) groups is 1. The molecule has 19 heavy (non-hydrogen) atoms. The van der Waals surface area contributed by atoms with E-state index in [-0.39, 0.29) is 5.75 Å². The molecule has 1 aliphatic heterocycles. The average Bonchev–Trinajstić information content (AvgIpc) is 2.41. The topological polar surface area (TPSA) is 30.5 Å². The van der Waals surface area contributed by atoms with Crippen molar-refractivity contribution in [1.29, 1.82) is 0 Å². The summed E-state index contributed by atoms with van der Waals surface area (Å²) in [7, 11) is 1.55. The van der Waals surface area contributed by atoms with Gasteiger partial charge in [-0.1, -0.05) is 0 Å². The summed E-state index contributed by atoms with van der Waals surface area (Å²) in [6.45, 7) is -2.82. The number of nitrogens with one attached hydrogen (secondary N) is 1. The van der Waals surface area contributed by atoms with Gasteiger partial charge in [0.15, 0.2) is 0 Å². The van der Waals surface area contributed by atoms with Crippen LogP contribution in [0.5, 0.6) is 11.5 Å². The fraction of sp³-hybridized carbons (Fsp3) is 0.538. The number of anilines is 1. The summed E-state index contributed by atoms with van der Waals surface area (Å²) >= 11 is 1.92. The van der Waals surface area contributed by atoms with Crippen LogP contribution in [-0.2, 0) is 0 Å². The smallest absolute Gasteiger partial charge is 0.387 e. The average molecular weight is 289 g/mol. The molecule has 1 aliphatic rings. The van der Waals surface area contributed by atoms with Gasteiger partial charge < -0.3 is 14.8 Å². The molecule has 106 valence electrons. The maximum absolute atomic E-state index is 12.4. The zero-order valence-electron chi connectivity index (χ0n) is 10.7. The minimum absolute atomic E-state index is 0.161. The van der Waals surface area contributed by atoms with Gasteiger partial charge in [-0.05, 0) is 36.5 Å². The maximum Gasteiger partial charge on any atom is 0.387 e. The zero-order chi connectivity index (χ0) is 13.7. The molecule has 1 N–H and O–H groups in total. The first-order valence-electron chi connectivity index (χ1n) is 6.16. The van der Waals surface area contributed by atoms with Crippen molar-refractivity contribution in [2.24, 2.45) is 0 Å². The number of halogens is 2. The van der Waals surface area contributed by atoms with Crippen molar-refractivity contribution in [3.8, 4) is 11.5 Å². The van der Waals surface area contributed by atoms with Gasteiger partial charge in [-0.2, -0.15) is 20.5 Å². The number of rotatable bonds is 5. The molecule has 2 rings (SSSR count). The highest BCUT2D eigenvalue weighted by Crippen LogP contribution is 2.32. The number of ether oxygens (including phenoxy) is 2. The van der Waals surface area contributed by atoms with E-state index < -0.39 is 6.61 Å². The van der Waals surface area contributed by atoms with E-state index in [4.69, 9.17) is 4.74 Å². The van der Waals surface area contributed by atoms with Crippen molar-refractivity contribution in [2.75, 3.05) is 23.9 Å². The Bertz CT molecular complexity index is 412. The maximum atomic E-state index is 12.4. The van der Waals surface area contributed by atoms with Crippen molar-refractivity contribution in [2.45, 2.75) is 25.5 Å². The Morgan fingerprint density at radius 1 is 1.32 bits per heavy atom. The van der Waals surface area contributed by atoms with E-state index in [0.29, 0.717) is 17.5 Å². The largest absolute Gasteiger partial charge is 0.497 e. The molecule has 3 nitrogen and oxygen atoms in total. The molecule has 0 unspecified atom stereocenters. The third-order valence-corrected chi connectivity index (χ3v) is 4.03. The van der Waals surface area contributed by atoms with E-state index in [1.165, 1.54) is 6.07 Å². The Hall–Kier alpha value is -1.17. The van der Waals surface area contributed by atoms with Gasteiger partial charge in [0.2, 0.25) is 0 Å². The second-order valence-corrected chi connectivity index (χ2v) is 5.50. The molecule has 0 aromatic heterocycles. The van der Waals surface area contributed by atoms with Gasteiger partial charge in [0.25, 0.3) is 0 Å². The van der Waals surface area contributed by atoms with Gasteiger partial charge in [0.1, 0.15) is 11.5 Å². The molecule has 1 fully saturated rings. The monoisotopic (exact) mass is 289 g/mol. The molecule has 1 aromatic rings. The SMILES string of the molecule is COc1ccc(OC(F)F)c(NC2CCSCC2)c1. The fourth-order valence-electron chi connectivity index (χ4n) is 2.01. The summed E-state index contributed by atoms with van der Waals surface area (Å²) in [5, 5.41) is 3.28. The summed E-state index contributed by atoms with van der Waals surface area (Å²) < 4.78 is 34.4. The predicted molar refractivity (Wildman–Crippen MR) is 73.6 cm³/mol. The van der Waals surface area contributed by atoms with Gasteiger partial charge in [0.05, 0.1) is 12.8 Å². The first-order chi connectivity index (χ1) is 9.19. The third-order valence-electron chi connectivity index (χ3n) is 2.98. The van der Waals surface area contributed by atoms with E-state index in [0.717, 1.165) is 24.3 Å². The quantitative estimate of drug-likeness (QED) is 0.897. The third kappa shape index (κ3) is 4.16. The Morgan fingerprint density at radius 3 is 2.68 bits per heavy atom. The van der Waals surface area contributed by atoms with Crippen LogP contribution in [0.3, 0.4) is 0 Å². The highest BCUT2D eigenvalue weighted by Gasteiger charge is 2.17. The van der Waals surface area contributed by atoms with Gasteiger partial charge in [-0.3, -0.25) is 0 Å². The van der Waals surface area contributed by atoms with Crippen LogP contribution < -0.4 is 14.8 Å². The molecule has 0 amide bonds. The van der Waals surface area contributed by atoms with E-state index >= 15 is 0 Å². The standard InChI is InChI=1S/C13H17F2NO2S/c1-17-10-2-3-12(18-13(14)15)11(8-10)16-9-4-6-19-7-5-9/h2-3,8-9,13,16H,4-7H2,1H3. The molecular formula is C13H17F2NO2S.